The molecule has 6 nitrogen and oxygen atoms in total. The Morgan fingerprint density at radius 1 is 1.31 bits per heavy atom. The van der Waals surface area contributed by atoms with E-state index in [1.54, 1.807) is 6.92 Å². The first kappa shape index (κ1) is 20.8. The van der Waals surface area contributed by atoms with Crippen LogP contribution in [0.25, 0.3) is 10.6 Å². The van der Waals surface area contributed by atoms with Crippen molar-refractivity contribution >= 4 is 21.4 Å². The van der Waals surface area contributed by atoms with Crippen LogP contribution in [0.15, 0.2) is 17.0 Å². The van der Waals surface area contributed by atoms with E-state index in [1.807, 2.05) is 5.10 Å². The summed E-state index contributed by atoms with van der Waals surface area (Å²) in [5.41, 5.74) is -1.30. The van der Waals surface area contributed by atoms with Crippen LogP contribution in [0, 0.1) is 12.3 Å². The van der Waals surface area contributed by atoms with Crippen molar-refractivity contribution in [3.63, 3.8) is 0 Å². The molecule has 3 heterocycles. The molecule has 1 saturated heterocycles. The summed E-state index contributed by atoms with van der Waals surface area (Å²) >= 11 is 1.10. The van der Waals surface area contributed by atoms with Gasteiger partial charge in [-0.05, 0) is 44.7 Å². The van der Waals surface area contributed by atoms with Gasteiger partial charge in [0.1, 0.15) is 11.4 Å². The molecule has 1 saturated carbocycles. The van der Waals surface area contributed by atoms with Gasteiger partial charge in [0.05, 0.1) is 15.9 Å². The second kappa shape index (κ2) is 7.07. The third-order valence-corrected chi connectivity index (χ3v) is 9.23. The van der Waals surface area contributed by atoms with Crippen molar-refractivity contribution in [1.82, 2.24) is 14.5 Å². The number of aromatic nitrogens is 2. The summed E-state index contributed by atoms with van der Waals surface area (Å²) in [6.45, 7) is 2.30. The Kier molecular flexibility index (Phi) is 5.08. The summed E-state index contributed by atoms with van der Waals surface area (Å²) < 4.78 is 66.5. The number of halogens is 3. The van der Waals surface area contributed by atoms with Gasteiger partial charge in [-0.3, -0.25) is 5.10 Å². The predicted octanol–water partition coefficient (Wildman–Crippen LogP) is 3.78. The lowest BCUT2D eigenvalue weighted by atomic mass is 9.77. The van der Waals surface area contributed by atoms with Gasteiger partial charge in [-0.15, -0.1) is 11.3 Å². The Labute approximate surface area is 170 Å². The number of piperidine rings is 1. The molecule has 1 aliphatic carbocycles. The molecule has 2 aliphatic rings. The van der Waals surface area contributed by atoms with Crippen LogP contribution < -0.4 is 0 Å². The lowest BCUT2D eigenvalue weighted by Gasteiger charge is -2.41. The van der Waals surface area contributed by atoms with Crippen LogP contribution in [0.5, 0.6) is 0 Å². The van der Waals surface area contributed by atoms with Crippen LogP contribution >= 0.6 is 11.3 Å². The minimum Gasteiger partial charge on any atom is -0.392 e. The Bertz CT molecular complexity index is 1020. The van der Waals surface area contributed by atoms with E-state index in [4.69, 9.17) is 0 Å². The second-order valence-electron chi connectivity index (χ2n) is 7.91. The Morgan fingerprint density at radius 2 is 2.03 bits per heavy atom. The van der Waals surface area contributed by atoms with E-state index in [0.717, 1.165) is 36.7 Å². The van der Waals surface area contributed by atoms with Gasteiger partial charge in [-0.1, -0.05) is 6.42 Å². The van der Waals surface area contributed by atoms with Gasteiger partial charge in [0.25, 0.3) is 0 Å². The van der Waals surface area contributed by atoms with Crippen LogP contribution in [-0.2, 0) is 16.2 Å². The number of aliphatic hydroxyl groups is 1. The summed E-state index contributed by atoms with van der Waals surface area (Å²) in [5, 5.41) is 16.1. The minimum absolute atomic E-state index is 0.0632. The average Bonchev–Trinajstić information content (AvgIpc) is 3.35. The Balaban J connectivity index is 1.63. The maximum atomic E-state index is 13.3. The van der Waals surface area contributed by atoms with Gasteiger partial charge in [-0.25, -0.2) is 8.42 Å². The standard InChI is InChI=1S/C18H22F3N3O3S2/c1-11-14(9-13(28-11)12-8-15(23-22-12)18(19,20)21)29(26,27)24-7-3-6-17(10-24)5-2-4-16(17)25/h8-9,16,25H,2-7,10H2,1H3,(H,22,23)/t16-,17+/m1/s1. The number of hydrogen-bond acceptors (Lipinski definition) is 5. The largest absolute Gasteiger partial charge is 0.432 e. The maximum Gasteiger partial charge on any atom is 0.432 e. The lowest BCUT2D eigenvalue weighted by molar-refractivity contribution is -0.141. The van der Waals surface area contributed by atoms with Crippen molar-refractivity contribution in [2.75, 3.05) is 13.1 Å². The molecule has 0 aromatic carbocycles. The molecule has 4 rings (SSSR count). The maximum absolute atomic E-state index is 13.3. The van der Waals surface area contributed by atoms with Crippen molar-refractivity contribution in [2.24, 2.45) is 5.41 Å². The first-order valence-electron chi connectivity index (χ1n) is 9.45. The molecular weight excluding hydrogens is 427 g/mol. The Morgan fingerprint density at radius 3 is 2.66 bits per heavy atom. The number of sulfonamides is 1. The zero-order valence-electron chi connectivity index (χ0n) is 15.8. The van der Waals surface area contributed by atoms with E-state index in [1.165, 1.54) is 10.4 Å². The van der Waals surface area contributed by atoms with Crippen LogP contribution in [0.1, 0.15) is 42.7 Å². The van der Waals surface area contributed by atoms with Gasteiger partial charge >= 0.3 is 6.18 Å². The molecule has 11 heteroatoms. The van der Waals surface area contributed by atoms with Crippen LogP contribution in [0.3, 0.4) is 0 Å². The van der Waals surface area contributed by atoms with E-state index in [-0.39, 0.29) is 22.5 Å². The van der Waals surface area contributed by atoms with Crippen LogP contribution in [0.2, 0.25) is 0 Å². The molecule has 2 aromatic rings. The van der Waals surface area contributed by atoms with Crippen LogP contribution in [0.4, 0.5) is 13.2 Å². The van der Waals surface area contributed by atoms with E-state index in [9.17, 15) is 26.7 Å². The number of nitrogens with zero attached hydrogens (tertiary/aromatic N) is 2. The van der Waals surface area contributed by atoms with E-state index < -0.39 is 28.0 Å². The fraction of sp³-hybridized carbons (Fsp3) is 0.611. The molecule has 1 aliphatic heterocycles. The number of aromatic amines is 1. The smallest absolute Gasteiger partial charge is 0.392 e. The Hall–Kier alpha value is -1.43. The minimum atomic E-state index is -4.54. The first-order valence-corrected chi connectivity index (χ1v) is 11.7. The molecule has 0 radical (unpaired) electrons. The third kappa shape index (κ3) is 3.62. The number of aliphatic hydroxyl groups excluding tert-OH is 1. The number of rotatable bonds is 3. The zero-order valence-corrected chi connectivity index (χ0v) is 17.4. The molecule has 0 amide bonds. The molecule has 1 spiro atoms. The van der Waals surface area contributed by atoms with Gasteiger partial charge in [-0.2, -0.15) is 22.6 Å². The molecule has 2 fully saturated rings. The number of H-pyrrole nitrogens is 1. The molecule has 2 atom stereocenters. The average molecular weight is 450 g/mol. The third-order valence-electron chi connectivity index (χ3n) is 6.06. The summed E-state index contributed by atoms with van der Waals surface area (Å²) in [4.78, 5) is 0.960. The molecule has 2 N–H and O–H groups in total. The second-order valence-corrected chi connectivity index (χ2v) is 11.1. The van der Waals surface area contributed by atoms with Crippen molar-refractivity contribution in [1.29, 1.82) is 0 Å². The normalized spacial score (nSPS) is 26.4. The van der Waals surface area contributed by atoms with Gasteiger partial charge < -0.3 is 5.11 Å². The van der Waals surface area contributed by atoms with Gasteiger partial charge in [0.2, 0.25) is 10.0 Å². The molecular formula is C18H22F3N3O3S2. The van der Waals surface area contributed by atoms with Crippen molar-refractivity contribution in [3.8, 4) is 10.6 Å². The number of hydrogen-bond donors (Lipinski definition) is 2. The fourth-order valence-electron chi connectivity index (χ4n) is 4.50. The highest BCUT2D eigenvalue weighted by molar-refractivity contribution is 7.89. The molecule has 29 heavy (non-hydrogen) atoms. The molecule has 2 aromatic heterocycles. The highest BCUT2D eigenvalue weighted by Crippen LogP contribution is 2.46. The van der Waals surface area contributed by atoms with Gasteiger partial charge in [0, 0.05) is 23.4 Å². The summed E-state index contributed by atoms with van der Waals surface area (Å²) in [5.74, 6) is 0. The summed E-state index contributed by atoms with van der Waals surface area (Å²) in [6, 6.07) is 2.28. The predicted molar refractivity (Wildman–Crippen MR) is 102 cm³/mol. The van der Waals surface area contributed by atoms with Crippen LogP contribution in [-0.4, -0.2) is 47.2 Å². The van der Waals surface area contributed by atoms with Crippen molar-refractivity contribution in [3.05, 3.63) is 22.7 Å². The van der Waals surface area contributed by atoms with Crippen molar-refractivity contribution < 1.29 is 26.7 Å². The fourth-order valence-corrected chi connectivity index (χ4v) is 7.59. The van der Waals surface area contributed by atoms with Gasteiger partial charge in [0.15, 0.2) is 0 Å². The summed E-state index contributed by atoms with van der Waals surface area (Å²) in [7, 11) is -3.82. The topological polar surface area (TPSA) is 86.3 Å². The molecule has 0 unspecified atom stereocenters. The lowest BCUT2D eigenvalue weighted by Crippen LogP contribution is -2.49. The highest BCUT2D eigenvalue weighted by atomic mass is 32.2. The number of nitrogens with one attached hydrogen (secondary N) is 1. The van der Waals surface area contributed by atoms with E-state index in [2.05, 4.69) is 5.10 Å². The van der Waals surface area contributed by atoms with E-state index >= 15 is 0 Å². The SMILES string of the molecule is Cc1sc(-c2cc(C(F)(F)F)[nH]n2)cc1S(=O)(=O)N1CCC[C@@]2(CCC[C@H]2O)C1. The molecule has 0 bridgehead atoms. The number of aryl methyl sites for hydroxylation is 1. The first-order chi connectivity index (χ1) is 13.5. The van der Waals surface area contributed by atoms with E-state index in [0.29, 0.717) is 29.1 Å². The summed E-state index contributed by atoms with van der Waals surface area (Å²) in [6.07, 6.45) is -1.17. The van der Waals surface area contributed by atoms with Crippen molar-refractivity contribution in [2.45, 2.75) is 56.2 Å². The quantitative estimate of drug-likeness (QED) is 0.747. The monoisotopic (exact) mass is 449 g/mol. The number of alkyl halides is 3. The zero-order chi connectivity index (χ0) is 21.0. The molecule has 160 valence electrons. The number of thiophene rings is 1. The highest BCUT2D eigenvalue weighted by Gasteiger charge is 2.47.